The monoisotopic (exact) mass is 289 g/mol. The van der Waals surface area contributed by atoms with E-state index in [0.717, 1.165) is 6.54 Å². The lowest BCUT2D eigenvalue weighted by atomic mass is 10.3. The molecule has 0 aromatic heterocycles. The quantitative estimate of drug-likeness (QED) is 0.844. The molecule has 4 nitrogen and oxygen atoms in total. The van der Waals surface area contributed by atoms with E-state index in [0.29, 0.717) is 35.2 Å². The molecule has 100 valence electrons. The first kappa shape index (κ1) is 15.2. The second-order valence-corrected chi connectivity index (χ2v) is 4.86. The second-order valence-electron chi connectivity index (χ2n) is 4.01. The Kier molecular flexibility index (Phi) is 6.43. The van der Waals surface area contributed by atoms with Gasteiger partial charge in [0.2, 0.25) is 5.91 Å². The summed E-state index contributed by atoms with van der Waals surface area (Å²) in [5.74, 6) is -0.0944. The zero-order chi connectivity index (χ0) is 13.5. The maximum Gasteiger partial charge on any atom is 0.225 e. The lowest BCUT2D eigenvalue weighted by Crippen LogP contribution is -2.29. The number of amides is 1. The molecule has 0 bridgehead atoms. The molecule has 0 aliphatic heterocycles. The molecular weight excluding hydrogens is 273 g/mol. The second kappa shape index (κ2) is 7.59. The van der Waals surface area contributed by atoms with Crippen LogP contribution in [-0.4, -0.2) is 37.5 Å². The molecule has 3 N–H and O–H groups in total. The molecule has 0 aliphatic carbocycles. The third kappa shape index (κ3) is 5.23. The number of carbonyl (C=O) groups is 1. The van der Waals surface area contributed by atoms with Gasteiger partial charge in [-0.15, -0.1) is 0 Å². The molecular formula is C12H17Cl2N3O. The van der Waals surface area contributed by atoms with Gasteiger partial charge in [0.05, 0.1) is 10.7 Å². The van der Waals surface area contributed by atoms with Gasteiger partial charge >= 0.3 is 0 Å². The van der Waals surface area contributed by atoms with E-state index in [1.807, 2.05) is 11.9 Å². The van der Waals surface area contributed by atoms with Crippen LogP contribution in [0, 0.1) is 0 Å². The van der Waals surface area contributed by atoms with Crippen LogP contribution in [0.1, 0.15) is 6.42 Å². The fraction of sp³-hybridized carbons (Fsp3) is 0.417. The Hall–Kier alpha value is -0.810. The first-order valence-corrected chi connectivity index (χ1v) is 6.42. The summed E-state index contributed by atoms with van der Waals surface area (Å²) >= 11 is 11.8. The van der Waals surface area contributed by atoms with Gasteiger partial charge in [0.25, 0.3) is 0 Å². The van der Waals surface area contributed by atoms with Gasteiger partial charge in [0.1, 0.15) is 0 Å². The van der Waals surface area contributed by atoms with Crippen LogP contribution in [0.3, 0.4) is 0 Å². The molecule has 1 aromatic carbocycles. The van der Waals surface area contributed by atoms with Crippen LogP contribution in [0.4, 0.5) is 5.69 Å². The summed E-state index contributed by atoms with van der Waals surface area (Å²) in [6.07, 6.45) is 0.388. The van der Waals surface area contributed by atoms with Crippen molar-refractivity contribution >= 4 is 34.8 Å². The van der Waals surface area contributed by atoms with E-state index >= 15 is 0 Å². The normalized spacial score (nSPS) is 10.7. The number of hydrogen-bond donors (Lipinski definition) is 2. The minimum atomic E-state index is -0.0944. The summed E-state index contributed by atoms with van der Waals surface area (Å²) in [4.78, 5) is 13.7. The molecule has 1 aromatic rings. The fourth-order valence-corrected chi connectivity index (χ4v) is 1.77. The zero-order valence-corrected chi connectivity index (χ0v) is 11.8. The maximum atomic E-state index is 11.7. The van der Waals surface area contributed by atoms with Crippen molar-refractivity contribution in [1.29, 1.82) is 0 Å². The van der Waals surface area contributed by atoms with Gasteiger partial charge < -0.3 is 16.0 Å². The van der Waals surface area contributed by atoms with Crippen molar-refractivity contribution in [2.75, 3.05) is 32.0 Å². The number of anilines is 1. The van der Waals surface area contributed by atoms with Crippen molar-refractivity contribution in [3.05, 3.63) is 28.2 Å². The average molecular weight is 290 g/mol. The third-order valence-corrected chi connectivity index (χ3v) is 3.00. The highest BCUT2D eigenvalue weighted by Gasteiger charge is 2.07. The van der Waals surface area contributed by atoms with Crippen molar-refractivity contribution in [3.8, 4) is 0 Å². The van der Waals surface area contributed by atoms with Crippen LogP contribution in [0.2, 0.25) is 10.0 Å². The first-order valence-electron chi connectivity index (χ1n) is 5.66. The SMILES string of the molecule is CN(CCN)CCC(=O)Nc1cc(Cl)ccc1Cl. The summed E-state index contributed by atoms with van der Waals surface area (Å²) in [6.45, 7) is 2.00. The molecule has 0 aliphatic rings. The Balaban J connectivity index is 2.47. The Morgan fingerprint density at radius 1 is 1.39 bits per heavy atom. The van der Waals surface area contributed by atoms with E-state index in [4.69, 9.17) is 28.9 Å². The molecule has 1 rings (SSSR count). The van der Waals surface area contributed by atoms with E-state index < -0.39 is 0 Å². The molecule has 0 saturated carbocycles. The molecule has 0 atom stereocenters. The zero-order valence-electron chi connectivity index (χ0n) is 10.2. The van der Waals surface area contributed by atoms with Crippen LogP contribution < -0.4 is 11.1 Å². The fourth-order valence-electron chi connectivity index (χ4n) is 1.43. The van der Waals surface area contributed by atoms with Crippen molar-refractivity contribution in [1.82, 2.24) is 4.90 Å². The lowest BCUT2D eigenvalue weighted by Gasteiger charge is -2.15. The summed E-state index contributed by atoms with van der Waals surface area (Å²) in [5.41, 5.74) is 5.96. The predicted molar refractivity (Wildman–Crippen MR) is 76.3 cm³/mol. The van der Waals surface area contributed by atoms with E-state index in [1.165, 1.54) is 0 Å². The van der Waals surface area contributed by atoms with E-state index in [1.54, 1.807) is 18.2 Å². The predicted octanol–water partition coefficient (Wildman–Crippen LogP) is 2.21. The van der Waals surface area contributed by atoms with Crippen molar-refractivity contribution < 1.29 is 4.79 Å². The van der Waals surface area contributed by atoms with Gasteiger partial charge in [-0.2, -0.15) is 0 Å². The first-order chi connectivity index (χ1) is 8.52. The number of carbonyl (C=O) groups excluding carboxylic acids is 1. The van der Waals surface area contributed by atoms with Gasteiger partial charge in [-0.3, -0.25) is 4.79 Å². The summed E-state index contributed by atoms with van der Waals surface area (Å²) in [6, 6.07) is 4.96. The number of rotatable bonds is 6. The summed E-state index contributed by atoms with van der Waals surface area (Å²) in [5, 5.41) is 3.75. The summed E-state index contributed by atoms with van der Waals surface area (Å²) in [7, 11) is 1.92. The Bertz CT molecular complexity index is 412. The number of nitrogens with two attached hydrogens (primary N) is 1. The lowest BCUT2D eigenvalue weighted by molar-refractivity contribution is -0.116. The molecule has 0 radical (unpaired) electrons. The van der Waals surface area contributed by atoms with Crippen molar-refractivity contribution in [2.45, 2.75) is 6.42 Å². The number of benzene rings is 1. The number of nitrogens with one attached hydrogen (secondary N) is 1. The van der Waals surface area contributed by atoms with Gasteiger partial charge in [0, 0.05) is 31.1 Å². The van der Waals surface area contributed by atoms with Crippen LogP contribution >= 0.6 is 23.2 Å². The maximum absolute atomic E-state index is 11.7. The largest absolute Gasteiger partial charge is 0.329 e. The van der Waals surface area contributed by atoms with Gasteiger partial charge in [-0.05, 0) is 25.2 Å². The third-order valence-electron chi connectivity index (χ3n) is 2.43. The van der Waals surface area contributed by atoms with Gasteiger partial charge in [-0.1, -0.05) is 23.2 Å². The Labute approximate surface area is 117 Å². The molecule has 6 heteroatoms. The van der Waals surface area contributed by atoms with Crippen LogP contribution in [0.5, 0.6) is 0 Å². The highest BCUT2D eigenvalue weighted by atomic mass is 35.5. The van der Waals surface area contributed by atoms with Crippen molar-refractivity contribution in [2.24, 2.45) is 5.73 Å². The molecule has 1 amide bonds. The van der Waals surface area contributed by atoms with E-state index in [2.05, 4.69) is 5.32 Å². The number of nitrogens with zero attached hydrogens (tertiary/aromatic N) is 1. The van der Waals surface area contributed by atoms with E-state index in [9.17, 15) is 4.79 Å². The van der Waals surface area contributed by atoms with Crippen LogP contribution in [0.15, 0.2) is 18.2 Å². The molecule has 0 fully saturated rings. The van der Waals surface area contributed by atoms with Crippen molar-refractivity contribution in [3.63, 3.8) is 0 Å². The minimum Gasteiger partial charge on any atom is -0.329 e. The molecule has 0 spiro atoms. The topological polar surface area (TPSA) is 58.4 Å². The molecule has 18 heavy (non-hydrogen) atoms. The Morgan fingerprint density at radius 2 is 2.11 bits per heavy atom. The minimum absolute atomic E-state index is 0.0944. The van der Waals surface area contributed by atoms with Crippen LogP contribution in [-0.2, 0) is 4.79 Å². The smallest absolute Gasteiger partial charge is 0.225 e. The van der Waals surface area contributed by atoms with Gasteiger partial charge in [0.15, 0.2) is 0 Å². The number of likely N-dealkylation sites (N-methyl/N-ethyl adjacent to an activating group) is 1. The molecule has 0 saturated heterocycles. The number of halogens is 2. The standard InChI is InChI=1S/C12H17Cl2N3O/c1-17(7-5-15)6-4-12(18)16-11-8-9(13)2-3-10(11)14/h2-3,8H,4-7,15H2,1H3,(H,16,18). The molecule has 0 heterocycles. The number of hydrogen-bond acceptors (Lipinski definition) is 3. The highest BCUT2D eigenvalue weighted by Crippen LogP contribution is 2.25. The average Bonchev–Trinajstić information content (AvgIpc) is 2.32. The van der Waals surface area contributed by atoms with Gasteiger partial charge in [-0.25, -0.2) is 0 Å². The van der Waals surface area contributed by atoms with Crippen LogP contribution in [0.25, 0.3) is 0 Å². The van der Waals surface area contributed by atoms with E-state index in [-0.39, 0.29) is 5.91 Å². The highest BCUT2D eigenvalue weighted by molar-refractivity contribution is 6.35. The molecule has 0 unspecified atom stereocenters. The Morgan fingerprint density at radius 3 is 2.78 bits per heavy atom. The summed E-state index contributed by atoms with van der Waals surface area (Å²) < 4.78 is 0.